The van der Waals surface area contributed by atoms with Crippen LogP contribution in [0.4, 0.5) is 4.39 Å². The van der Waals surface area contributed by atoms with Crippen LogP contribution in [-0.2, 0) is 6.61 Å². The summed E-state index contributed by atoms with van der Waals surface area (Å²) in [6, 6.07) is 10.3. The predicted octanol–water partition coefficient (Wildman–Crippen LogP) is 3.36. The maximum atomic E-state index is 13.5. The van der Waals surface area contributed by atoms with Crippen LogP contribution >= 0.6 is 0 Å². The molecule has 19 heavy (non-hydrogen) atoms. The highest BCUT2D eigenvalue weighted by Crippen LogP contribution is 2.20. The van der Waals surface area contributed by atoms with Crippen molar-refractivity contribution in [1.82, 2.24) is 9.38 Å². The average molecular weight is 256 g/mol. The van der Waals surface area contributed by atoms with Crippen molar-refractivity contribution >= 4 is 5.65 Å². The van der Waals surface area contributed by atoms with Crippen LogP contribution in [0.25, 0.3) is 5.65 Å². The Kier molecular flexibility index (Phi) is 2.91. The molecule has 0 aliphatic heterocycles. The molecule has 0 unspecified atom stereocenters. The second-order valence-electron chi connectivity index (χ2n) is 4.37. The van der Waals surface area contributed by atoms with Gasteiger partial charge in [0.2, 0.25) is 0 Å². The van der Waals surface area contributed by atoms with E-state index in [1.165, 1.54) is 6.07 Å². The first-order chi connectivity index (χ1) is 9.24. The molecule has 0 atom stereocenters. The molecule has 0 saturated heterocycles. The van der Waals surface area contributed by atoms with Gasteiger partial charge in [-0.15, -0.1) is 0 Å². The number of ether oxygens (including phenoxy) is 1. The highest BCUT2D eigenvalue weighted by molar-refractivity contribution is 5.54. The van der Waals surface area contributed by atoms with Crippen LogP contribution < -0.4 is 4.74 Å². The van der Waals surface area contributed by atoms with Gasteiger partial charge < -0.3 is 9.14 Å². The lowest BCUT2D eigenvalue weighted by molar-refractivity contribution is 0.301. The van der Waals surface area contributed by atoms with E-state index in [0.717, 1.165) is 11.3 Å². The van der Waals surface area contributed by atoms with Crippen molar-refractivity contribution in [1.29, 1.82) is 0 Å². The number of nitrogens with zero attached hydrogens (tertiary/aromatic N) is 2. The Bertz CT molecular complexity index is 721. The van der Waals surface area contributed by atoms with Crippen LogP contribution in [0.15, 0.2) is 48.8 Å². The number of halogens is 1. The number of hydrogen-bond donors (Lipinski definition) is 0. The van der Waals surface area contributed by atoms with Crippen molar-refractivity contribution in [3.63, 3.8) is 0 Å². The van der Waals surface area contributed by atoms with E-state index in [9.17, 15) is 4.39 Å². The molecule has 0 radical (unpaired) electrons. The number of hydrogen-bond acceptors (Lipinski definition) is 2. The zero-order chi connectivity index (χ0) is 13.2. The Labute approximate surface area is 110 Å². The minimum absolute atomic E-state index is 0.193. The fourth-order valence-corrected chi connectivity index (χ4v) is 1.99. The fourth-order valence-electron chi connectivity index (χ4n) is 1.99. The van der Waals surface area contributed by atoms with Gasteiger partial charge in [-0.25, -0.2) is 9.37 Å². The lowest BCUT2D eigenvalue weighted by Gasteiger charge is -2.07. The summed E-state index contributed by atoms with van der Waals surface area (Å²) < 4.78 is 21.1. The largest absolute Gasteiger partial charge is 0.485 e. The van der Waals surface area contributed by atoms with E-state index in [2.05, 4.69) is 4.98 Å². The number of aromatic nitrogens is 2. The first-order valence-electron chi connectivity index (χ1n) is 6.04. The van der Waals surface area contributed by atoms with Crippen LogP contribution in [0, 0.1) is 12.7 Å². The third-order valence-electron chi connectivity index (χ3n) is 2.91. The van der Waals surface area contributed by atoms with Crippen LogP contribution in [-0.4, -0.2) is 9.38 Å². The van der Waals surface area contributed by atoms with E-state index >= 15 is 0 Å². The smallest absolute Gasteiger partial charge is 0.179 e. The minimum Gasteiger partial charge on any atom is -0.485 e. The van der Waals surface area contributed by atoms with E-state index in [1.807, 2.05) is 35.9 Å². The SMILES string of the molecule is Cc1cn2cccc(OCc3ccccc3F)c2n1. The van der Waals surface area contributed by atoms with E-state index in [4.69, 9.17) is 4.74 Å². The summed E-state index contributed by atoms with van der Waals surface area (Å²) in [4.78, 5) is 4.39. The van der Waals surface area contributed by atoms with E-state index in [-0.39, 0.29) is 12.4 Å². The number of aryl methyl sites for hydroxylation is 1. The summed E-state index contributed by atoms with van der Waals surface area (Å²) in [7, 11) is 0. The van der Waals surface area contributed by atoms with Gasteiger partial charge in [-0.2, -0.15) is 0 Å². The molecule has 0 N–H and O–H groups in total. The Hall–Kier alpha value is -2.36. The number of imidazole rings is 1. The topological polar surface area (TPSA) is 26.5 Å². The van der Waals surface area contributed by atoms with Crippen LogP contribution in [0.3, 0.4) is 0 Å². The molecule has 0 amide bonds. The van der Waals surface area contributed by atoms with Gasteiger partial charge in [0.25, 0.3) is 0 Å². The molecule has 96 valence electrons. The monoisotopic (exact) mass is 256 g/mol. The van der Waals surface area contributed by atoms with E-state index in [1.54, 1.807) is 18.2 Å². The Balaban J connectivity index is 1.88. The van der Waals surface area contributed by atoms with Crippen LogP contribution in [0.2, 0.25) is 0 Å². The molecule has 3 rings (SSSR count). The standard InChI is InChI=1S/C15H13FN2O/c1-11-9-18-8-4-7-14(15(18)17-11)19-10-12-5-2-3-6-13(12)16/h2-9H,10H2,1H3. The zero-order valence-electron chi connectivity index (χ0n) is 10.5. The van der Waals surface area contributed by atoms with Gasteiger partial charge in [0.15, 0.2) is 11.4 Å². The predicted molar refractivity (Wildman–Crippen MR) is 70.7 cm³/mol. The van der Waals surface area contributed by atoms with Gasteiger partial charge in [0.05, 0.1) is 5.69 Å². The van der Waals surface area contributed by atoms with Gasteiger partial charge in [-0.3, -0.25) is 0 Å². The second kappa shape index (κ2) is 4.72. The van der Waals surface area contributed by atoms with Gasteiger partial charge in [-0.05, 0) is 25.1 Å². The molecule has 0 aliphatic carbocycles. The molecule has 0 bridgehead atoms. The van der Waals surface area contributed by atoms with Gasteiger partial charge in [-0.1, -0.05) is 18.2 Å². The molecule has 1 aromatic carbocycles. The van der Waals surface area contributed by atoms with Crippen molar-refractivity contribution in [3.05, 3.63) is 65.9 Å². The summed E-state index contributed by atoms with van der Waals surface area (Å²) in [5.74, 6) is 0.396. The number of rotatable bonds is 3. The van der Waals surface area contributed by atoms with Gasteiger partial charge in [0.1, 0.15) is 12.4 Å². The minimum atomic E-state index is -0.256. The molecule has 0 aliphatic rings. The lowest BCUT2D eigenvalue weighted by Crippen LogP contribution is -1.99. The van der Waals surface area contributed by atoms with Crippen LogP contribution in [0.1, 0.15) is 11.3 Å². The van der Waals surface area contributed by atoms with Crippen molar-refractivity contribution in [2.45, 2.75) is 13.5 Å². The first kappa shape index (κ1) is 11.7. The highest BCUT2D eigenvalue weighted by atomic mass is 19.1. The number of pyridine rings is 1. The van der Waals surface area contributed by atoms with Crippen molar-refractivity contribution in [2.75, 3.05) is 0 Å². The summed E-state index contributed by atoms with van der Waals surface area (Å²) in [6.07, 6.45) is 3.83. The molecular weight excluding hydrogens is 243 g/mol. The molecule has 0 saturated carbocycles. The number of fused-ring (bicyclic) bond motifs is 1. The Morgan fingerprint density at radius 3 is 2.89 bits per heavy atom. The maximum Gasteiger partial charge on any atom is 0.179 e. The van der Waals surface area contributed by atoms with Gasteiger partial charge in [0, 0.05) is 18.0 Å². The Morgan fingerprint density at radius 1 is 1.21 bits per heavy atom. The average Bonchev–Trinajstić information content (AvgIpc) is 2.78. The van der Waals surface area contributed by atoms with Crippen molar-refractivity contribution in [3.8, 4) is 5.75 Å². The second-order valence-corrected chi connectivity index (χ2v) is 4.37. The van der Waals surface area contributed by atoms with Gasteiger partial charge >= 0.3 is 0 Å². The normalized spacial score (nSPS) is 10.8. The molecule has 3 nitrogen and oxygen atoms in total. The highest BCUT2D eigenvalue weighted by Gasteiger charge is 2.07. The zero-order valence-corrected chi connectivity index (χ0v) is 10.5. The molecular formula is C15H13FN2O. The molecule has 4 heteroatoms. The third-order valence-corrected chi connectivity index (χ3v) is 2.91. The third kappa shape index (κ3) is 2.29. The summed E-state index contributed by atoms with van der Waals surface area (Å²) >= 11 is 0. The summed E-state index contributed by atoms with van der Waals surface area (Å²) in [5.41, 5.74) is 2.20. The fraction of sp³-hybridized carbons (Fsp3) is 0.133. The Morgan fingerprint density at radius 2 is 2.05 bits per heavy atom. The van der Waals surface area contributed by atoms with Crippen molar-refractivity contribution < 1.29 is 9.13 Å². The molecule has 2 aromatic heterocycles. The first-order valence-corrected chi connectivity index (χ1v) is 6.04. The molecule has 0 fully saturated rings. The maximum absolute atomic E-state index is 13.5. The summed E-state index contributed by atoms with van der Waals surface area (Å²) in [5, 5.41) is 0. The quantitative estimate of drug-likeness (QED) is 0.718. The molecule has 3 aromatic rings. The van der Waals surface area contributed by atoms with E-state index in [0.29, 0.717) is 11.3 Å². The van der Waals surface area contributed by atoms with Crippen molar-refractivity contribution in [2.24, 2.45) is 0 Å². The lowest BCUT2D eigenvalue weighted by atomic mass is 10.2. The molecule has 2 heterocycles. The number of benzene rings is 1. The molecule has 0 spiro atoms. The summed E-state index contributed by atoms with van der Waals surface area (Å²) in [6.45, 7) is 2.12. The van der Waals surface area contributed by atoms with Crippen LogP contribution in [0.5, 0.6) is 5.75 Å². The van der Waals surface area contributed by atoms with E-state index < -0.39 is 0 Å².